The molecule has 0 unspecified atom stereocenters. The molecular weight excluding hydrogens is 1050 g/mol. The third-order valence-electron chi connectivity index (χ3n) is 17.5. The molecule has 0 aromatic heterocycles. The number of anilines is 2. The van der Waals surface area contributed by atoms with Crippen molar-refractivity contribution in [2.24, 2.45) is 0 Å². The third-order valence-corrected chi connectivity index (χ3v) is 17.5. The van der Waals surface area contributed by atoms with E-state index in [9.17, 15) is 0 Å². The Bertz CT molecular complexity index is 3020. The van der Waals surface area contributed by atoms with Crippen LogP contribution in [0.2, 0.25) is 0 Å². The van der Waals surface area contributed by atoms with Gasteiger partial charge in [-0.15, -0.1) is 0 Å². The first-order chi connectivity index (χ1) is 42.6. The lowest BCUT2D eigenvalue weighted by Crippen LogP contribution is -2.25. The summed E-state index contributed by atoms with van der Waals surface area (Å²) >= 11 is 0. The zero-order chi connectivity index (χ0) is 59.4. The highest BCUT2D eigenvalue weighted by atomic mass is 16.5. The van der Waals surface area contributed by atoms with Crippen molar-refractivity contribution in [2.75, 3.05) is 62.4 Å². The minimum absolute atomic E-state index is 0.620. The molecule has 9 rings (SSSR count). The number of rotatable bonds is 22. The van der Waals surface area contributed by atoms with Crippen LogP contribution in [0.25, 0.3) is 43.8 Å². The van der Waals surface area contributed by atoms with Crippen LogP contribution in [0.5, 0.6) is 23.0 Å². The van der Waals surface area contributed by atoms with E-state index in [2.05, 4.69) is 183 Å². The Balaban J connectivity index is 1.22. The minimum Gasteiger partial charge on any atom is -0.493 e. The van der Waals surface area contributed by atoms with Gasteiger partial charge in [0.1, 0.15) is 23.0 Å². The number of benzene rings is 7. The van der Waals surface area contributed by atoms with Crippen molar-refractivity contribution in [3.8, 4) is 68.9 Å². The SMILES string of the molecule is CCCCCCN(CCCCCC)c1ccc(C#Cc2ccc3c4c5cc(C#Cc6ccc(N(CCCCCC)CCCCCC)cc6)ccc5c(c3c2)-c2c3cccc2OCCCCCCCOc2cccc(c2-4)OCCCCCCCO3)cc1. The zero-order valence-corrected chi connectivity index (χ0v) is 53.1. The maximum atomic E-state index is 6.99. The van der Waals surface area contributed by atoms with Crippen LogP contribution in [0.15, 0.2) is 121 Å². The molecule has 0 saturated heterocycles. The lowest BCUT2D eigenvalue weighted by Gasteiger charge is -2.25. The van der Waals surface area contributed by atoms with E-state index in [0.29, 0.717) is 26.4 Å². The molecule has 0 fully saturated rings. The van der Waals surface area contributed by atoms with Gasteiger partial charge in [0.15, 0.2) is 0 Å². The Morgan fingerprint density at radius 2 is 0.581 bits per heavy atom. The second kappa shape index (κ2) is 35.0. The van der Waals surface area contributed by atoms with Gasteiger partial charge in [0, 0.05) is 70.9 Å². The monoisotopic (exact) mass is 1150 g/mol. The van der Waals surface area contributed by atoms with Gasteiger partial charge >= 0.3 is 0 Å². The second-order valence-electron chi connectivity index (χ2n) is 24.3. The summed E-state index contributed by atoms with van der Waals surface area (Å²) in [5.74, 6) is 17.9. The first-order valence-corrected chi connectivity index (χ1v) is 34.1. The van der Waals surface area contributed by atoms with Crippen molar-refractivity contribution in [3.63, 3.8) is 0 Å². The fraction of sp³-hybridized carbons (Fsp3) is 0.475. The van der Waals surface area contributed by atoms with Gasteiger partial charge in [0.05, 0.1) is 37.6 Å². The topological polar surface area (TPSA) is 43.4 Å². The Kier molecular flexibility index (Phi) is 25.8. The van der Waals surface area contributed by atoms with Crippen molar-refractivity contribution in [1.82, 2.24) is 0 Å². The normalized spacial score (nSPS) is 13.8. The smallest absolute Gasteiger partial charge is 0.130 e. The van der Waals surface area contributed by atoms with Crippen LogP contribution < -0.4 is 28.7 Å². The maximum Gasteiger partial charge on any atom is 0.130 e. The van der Waals surface area contributed by atoms with E-state index in [1.54, 1.807) is 0 Å². The first-order valence-electron chi connectivity index (χ1n) is 34.1. The van der Waals surface area contributed by atoms with Gasteiger partial charge < -0.3 is 28.7 Å². The van der Waals surface area contributed by atoms with Crippen LogP contribution >= 0.6 is 0 Å². The van der Waals surface area contributed by atoms with Gasteiger partial charge in [0.2, 0.25) is 0 Å². The number of nitrogens with zero attached hydrogens (tertiary/aromatic N) is 2. The van der Waals surface area contributed by atoms with Crippen LogP contribution in [-0.2, 0) is 0 Å². The van der Waals surface area contributed by atoms with Gasteiger partial charge in [-0.05, 0) is 170 Å². The molecule has 0 atom stereocenters. The van der Waals surface area contributed by atoms with Crippen LogP contribution in [0.3, 0.4) is 0 Å². The van der Waals surface area contributed by atoms with E-state index in [0.717, 1.165) is 179 Å². The maximum absolute atomic E-state index is 6.99. The molecule has 7 aromatic rings. The minimum atomic E-state index is 0.620. The van der Waals surface area contributed by atoms with Crippen molar-refractivity contribution in [2.45, 2.75) is 195 Å². The average molecular weight is 1150 g/mol. The molecular formula is C80H100N2O4. The number of hydrogen-bond donors (Lipinski definition) is 0. The summed E-state index contributed by atoms with van der Waals surface area (Å²) in [6.07, 6.45) is 30.7. The largest absolute Gasteiger partial charge is 0.493 e. The van der Waals surface area contributed by atoms with E-state index in [1.807, 2.05) is 0 Å². The van der Waals surface area contributed by atoms with E-state index in [-0.39, 0.29) is 0 Å². The molecule has 4 bridgehead atoms. The van der Waals surface area contributed by atoms with Gasteiger partial charge in [-0.3, -0.25) is 0 Å². The summed E-state index contributed by atoms with van der Waals surface area (Å²) in [5.41, 5.74) is 10.5. The highest BCUT2D eigenvalue weighted by Gasteiger charge is 2.27. The first kappa shape index (κ1) is 63.5. The number of ether oxygens (including phenoxy) is 4. The predicted octanol–water partition coefficient (Wildman–Crippen LogP) is 21.5. The van der Waals surface area contributed by atoms with Crippen LogP contribution in [0.4, 0.5) is 11.4 Å². The summed E-state index contributed by atoms with van der Waals surface area (Å²) < 4.78 is 28.0. The summed E-state index contributed by atoms with van der Waals surface area (Å²) in [6, 6.07) is 44.4. The highest BCUT2D eigenvalue weighted by Crippen LogP contribution is 2.53. The van der Waals surface area contributed by atoms with Crippen molar-refractivity contribution >= 4 is 32.9 Å². The van der Waals surface area contributed by atoms with E-state index >= 15 is 0 Å². The van der Waals surface area contributed by atoms with Gasteiger partial charge in [0.25, 0.3) is 0 Å². The zero-order valence-electron chi connectivity index (χ0n) is 53.1. The predicted molar refractivity (Wildman–Crippen MR) is 366 cm³/mol. The van der Waals surface area contributed by atoms with Crippen molar-refractivity contribution < 1.29 is 18.9 Å². The molecule has 2 aliphatic heterocycles. The molecule has 454 valence electrons. The number of hydrogen-bond acceptors (Lipinski definition) is 6. The summed E-state index contributed by atoms with van der Waals surface area (Å²) in [6.45, 7) is 16.0. The van der Waals surface area contributed by atoms with E-state index in [1.165, 1.54) is 114 Å². The highest BCUT2D eigenvalue weighted by molar-refractivity contribution is 6.23. The molecule has 2 heterocycles. The van der Waals surface area contributed by atoms with Gasteiger partial charge in [-0.1, -0.05) is 191 Å². The standard InChI is InChI=1S/C80H100N2O4/c1-5-9-13-23-53-81(54-24-14-10-6-2)67-47-41-63(42-48-67)37-39-65-45-51-69-71(61-65)77-70-52-46-66(40-38-64-43-49-68(50-44-64)82(55-25-15-11-7-3)56-26-16-12-8-4)62-72(70)78(69)80-75-35-32-36-76(80)86-60-30-22-18-20-28-58-84-74-34-31-33-73(79(74)77)83-57-27-19-17-21-29-59-85-75/h31-36,41-52,61-62H,5-30,53-60H2,1-4H3. The molecule has 7 aromatic carbocycles. The Morgan fingerprint density at radius 1 is 0.291 bits per heavy atom. The molecule has 0 saturated carbocycles. The molecule has 2 aliphatic rings. The van der Waals surface area contributed by atoms with Gasteiger partial charge in [-0.25, -0.2) is 0 Å². The second-order valence-corrected chi connectivity index (χ2v) is 24.3. The molecule has 0 radical (unpaired) electrons. The summed E-state index contributed by atoms with van der Waals surface area (Å²) in [4.78, 5) is 5.20. The average Bonchev–Trinajstić information content (AvgIpc) is 0.957. The van der Waals surface area contributed by atoms with Crippen molar-refractivity contribution in [1.29, 1.82) is 0 Å². The fourth-order valence-electron chi connectivity index (χ4n) is 12.6. The summed E-state index contributed by atoms with van der Waals surface area (Å²) in [5, 5.41) is 4.28. The quantitative estimate of drug-likeness (QED) is 0.0383. The molecule has 6 heteroatoms. The Hall–Kier alpha value is -7.02. The van der Waals surface area contributed by atoms with Crippen LogP contribution in [-0.4, -0.2) is 52.6 Å². The molecule has 0 aliphatic carbocycles. The van der Waals surface area contributed by atoms with Crippen LogP contribution in [0, 0.1) is 23.7 Å². The lowest BCUT2D eigenvalue weighted by atomic mass is 9.83. The van der Waals surface area contributed by atoms with E-state index < -0.39 is 0 Å². The molecule has 6 nitrogen and oxygen atoms in total. The molecule has 0 amide bonds. The lowest BCUT2D eigenvalue weighted by molar-refractivity contribution is 0.282. The summed E-state index contributed by atoms with van der Waals surface area (Å²) in [7, 11) is 0. The van der Waals surface area contributed by atoms with Crippen LogP contribution in [0.1, 0.15) is 217 Å². The van der Waals surface area contributed by atoms with Crippen molar-refractivity contribution in [3.05, 3.63) is 144 Å². The Labute approximate surface area is 518 Å². The fourth-order valence-corrected chi connectivity index (χ4v) is 12.6. The Morgan fingerprint density at radius 3 is 0.895 bits per heavy atom. The molecule has 0 spiro atoms. The number of unbranched alkanes of at least 4 members (excludes halogenated alkanes) is 12. The van der Waals surface area contributed by atoms with E-state index in [4.69, 9.17) is 18.9 Å². The molecule has 0 N–H and O–H groups in total. The molecule has 86 heavy (non-hydrogen) atoms. The third kappa shape index (κ3) is 18.0. The van der Waals surface area contributed by atoms with Gasteiger partial charge in [-0.2, -0.15) is 0 Å².